The van der Waals surface area contributed by atoms with Crippen LogP contribution < -0.4 is 5.32 Å². The summed E-state index contributed by atoms with van der Waals surface area (Å²) in [6.45, 7) is 8.32. The minimum atomic E-state index is -0.470. The van der Waals surface area contributed by atoms with Gasteiger partial charge in [-0.3, -0.25) is 4.90 Å². The Balaban J connectivity index is 1.56. The van der Waals surface area contributed by atoms with Gasteiger partial charge in [-0.1, -0.05) is 18.2 Å². The summed E-state index contributed by atoms with van der Waals surface area (Å²) >= 11 is 0. The van der Waals surface area contributed by atoms with E-state index >= 15 is 0 Å². The summed E-state index contributed by atoms with van der Waals surface area (Å²) in [5, 5.41) is 3.38. The molecule has 0 saturated heterocycles. The van der Waals surface area contributed by atoms with Gasteiger partial charge in [0.2, 0.25) is 0 Å². The van der Waals surface area contributed by atoms with Crippen molar-refractivity contribution in [2.24, 2.45) is 0 Å². The van der Waals surface area contributed by atoms with Gasteiger partial charge in [0.05, 0.1) is 5.69 Å². The van der Waals surface area contributed by atoms with Crippen LogP contribution in [0.1, 0.15) is 43.2 Å². The second kappa shape index (κ2) is 7.19. The van der Waals surface area contributed by atoms with Crippen molar-refractivity contribution in [3.63, 3.8) is 0 Å². The maximum absolute atomic E-state index is 12.2. The molecule has 0 bridgehead atoms. The number of nitrogens with zero attached hydrogens (tertiary/aromatic N) is 3. The molecule has 1 aliphatic rings. The Morgan fingerprint density at radius 3 is 2.72 bits per heavy atom. The van der Waals surface area contributed by atoms with Gasteiger partial charge in [0.25, 0.3) is 0 Å². The van der Waals surface area contributed by atoms with Gasteiger partial charge in [-0.2, -0.15) is 0 Å². The van der Waals surface area contributed by atoms with Crippen molar-refractivity contribution in [2.75, 3.05) is 0 Å². The van der Waals surface area contributed by atoms with Crippen LogP contribution in [0.4, 0.5) is 4.79 Å². The van der Waals surface area contributed by atoms with E-state index in [-0.39, 0.29) is 6.09 Å². The number of carbonyl (C=O) groups excluding carboxylic acids is 1. The topological polar surface area (TPSA) is 67.3 Å². The summed E-state index contributed by atoms with van der Waals surface area (Å²) < 4.78 is 5.46. The Hall–Kier alpha value is -2.47. The fourth-order valence-corrected chi connectivity index (χ4v) is 2.77. The number of hydrogen-bond donors (Lipinski definition) is 1. The minimum Gasteiger partial charge on any atom is -0.444 e. The van der Waals surface area contributed by atoms with E-state index in [9.17, 15) is 4.79 Å². The summed E-state index contributed by atoms with van der Waals surface area (Å²) in [5.74, 6) is 0. The number of carbonyl (C=O) groups is 1. The molecule has 1 amide bonds. The van der Waals surface area contributed by atoms with Crippen LogP contribution >= 0.6 is 0 Å². The number of amides is 1. The smallest absolute Gasteiger partial charge is 0.410 e. The maximum atomic E-state index is 12.2. The number of hydrogen-bond acceptors (Lipinski definition) is 5. The fraction of sp³-hybridized carbons (Fsp3) is 0.421. The zero-order chi connectivity index (χ0) is 17.9. The molecular weight excluding hydrogens is 316 g/mol. The first-order valence-corrected chi connectivity index (χ1v) is 8.45. The Morgan fingerprint density at radius 1 is 1.20 bits per heavy atom. The van der Waals surface area contributed by atoms with Gasteiger partial charge in [-0.05, 0) is 43.5 Å². The number of ether oxygens (including phenoxy) is 1. The van der Waals surface area contributed by atoms with Crippen molar-refractivity contribution in [3.05, 3.63) is 59.2 Å². The van der Waals surface area contributed by atoms with E-state index in [0.29, 0.717) is 19.6 Å². The number of fused-ring (bicyclic) bond motifs is 1. The van der Waals surface area contributed by atoms with Crippen LogP contribution in [0.15, 0.2) is 36.8 Å². The van der Waals surface area contributed by atoms with E-state index < -0.39 is 5.60 Å². The zero-order valence-electron chi connectivity index (χ0n) is 15.0. The van der Waals surface area contributed by atoms with Gasteiger partial charge in [0.15, 0.2) is 0 Å². The SMILES string of the molecule is CC(C)(C)OC(=O)N1Cc2ccc(CNCc3ccncn3)cc2C1. The third-order valence-corrected chi connectivity index (χ3v) is 3.92. The highest BCUT2D eigenvalue weighted by molar-refractivity contribution is 5.69. The van der Waals surface area contributed by atoms with E-state index in [0.717, 1.165) is 12.2 Å². The molecule has 0 saturated carbocycles. The van der Waals surface area contributed by atoms with Crippen LogP contribution in [0.3, 0.4) is 0 Å². The van der Waals surface area contributed by atoms with E-state index in [1.54, 1.807) is 17.4 Å². The molecule has 0 atom stereocenters. The predicted octanol–water partition coefficient (Wildman–Crippen LogP) is 3.02. The van der Waals surface area contributed by atoms with Crippen LogP contribution in [-0.2, 0) is 30.9 Å². The molecule has 1 aliphatic heterocycles. The first kappa shape index (κ1) is 17.4. The standard InChI is InChI=1S/C19H24N4O2/c1-19(2,3)25-18(24)23-11-15-5-4-14(8-16(15)12-23)9-21-10-17-6-7-20-13-22-17/h4-8,13,21H,9-12H2,1-3H3. The quantitative estimate of drug-likeness (QED) is 0.927. The molecule has 6 heteroatoms. The maximum Gasteiger partial charge on any atom is 0.410 e. The molecule has 0 aliphatic carbocycles. The molecule has 0 unspecified atom stereocenters. The number of aromatic nitrogens is 2. The van der Waals surface area contributed by atoms with Crippen LogP contribution in [0.2, 0.25) is 0 Å². The third-order valence-electron chi connectivity index (χ3n) is 3.92. The minimum absolute atomic E-state index is 0.257. The molecule has 6 nitrogen and oxygen atoms in total. The predicted molar refractivity (Wildman–Crippen MR) is 94.5 cm³/mol. The Labute approximate surface area is 148 Å². The second-order valence-corrected chi connectivity index (χ2v) is 7.24. The van der Waals surface area contributed by atoms with Crippen molar-refractivity contribution in [1.82, 2.24) is 20.2 Å². The van der Waals surface area contributed by atoms with E-state index in [1.165, 1.54) is 16.7 Å². The lowest BCUT2D eigenvalue weighted by atomic mass is 10.1. The summed E-state index contributed by atoms with van der Waals surface area (Å²) in [6, 6.07) is 8.26. The lowest BCUT2D eigenvalue weighted by Gasteiger charge is -2.24. The second-order valence-electron chi connectivity index (χ2n) is 7.24. The first-order valence-electron chi connectivity index (χ1n) is 8.45. The van der Waals surface area contributed by atoms with Gasteiger partial charge >= 0.3 is 6.09 Å². The molecule has 132 valence electrons. The average Bonchev–Trinajstić information content (AvgIpc) is 2.98. The highest BCUT2D eigenvalue weighted by atomic mass is 16.6. The van der Waals surface area contributed by atoms with E-state index in [2.05, 4.69) is 33.5 Å². The normalized spacial score (nSPS) is 13.6. The molecule has 1 aromatic heterocycles. The molecular formula is C19H24N4O2. The summed E-state index contributed by atoms with van der Waals surface area (Å²) in [4.78, 5) is 22.1. The highest BCUT2D eigenvalue weighted by Crippen LogP contribution is 2.25. The van der Waals surface area contributed by atoms with Crippen LogP contribution in [-0.4, -0.2) is 26.6 Å². The molecule has 0 radical (unpaired) electrons. The van der Waals surface area contributed by atoms with E-state index in [4.69, 9.17) is 4.74 Å². The van der Waals surface area contributed by atoms with Gasteiger partial charge < -0.3 is 10.1 Å². The molecule has 25 heavy (non-hydrogen) atoms. The molecule has 1 aromatic carbocycles. The van der Waals surface area contributed by atoms with Gasteiger partial charge in [0, 0.05) is 32.4 Å². The Kier molecular flexibility index (Phi) is 4.99. The van der Waals surface area contributed by atoms with Crippen molar-refractivity contribution in [2.45, 2.75) is 52.6 Å². The first-order chi connectivity index (χ1) is 11.9. The molecule has 2 aromatic rings. The van der Waals surface area contributed by atoms with Gasteiger partial charge in [-0.25, -0.2) is 14.8 Å². The third kappa shape index (κ3) is 4.76. The van der Waals surface area contributed by atoms with Gasteiger partial charge in [-0.15, -0.1) is 0 Å². The van der Waals surface area contributed by atoms with Crippen molar-refractivity contribution in [1.29, 1.82) is 0 Å². The van der Waals surface area contributed by atoms with Crippen LogP contribution in [0.5, 0.6) is 0 Å². The summed E-state index contributed by atoms with van der Waals surface area (Å²) in [6.07, 6.45) is 3.04. The molecule has 1 N–H and O–H groups in total. The van der Waals surface area contributed by atoms with Crippen molar-refractivity contribution < 1.29 is 9.53 Å². The zero-order valence-corrected chi connectivity index (χ0v) is 15.0. The molecule has 0 spiro atoms. The summed E-state index contributed by atoms with van der Waals surface area (Å²) in [7, 11) is 0. The largest absolute Gasteiger partial charge is 0.444 e. The Bertz CT molecular complexity index is 741. The number of rotatable bonds is 4. The fourth-order valence-electron chi connectivity index (χ4n) is 2.77. The molecule has 3 rings (SSSR count). The lowest BCUT2D eigenvalue weighted by molar-refractivity contribution is 0.0242. The van der Waals surface area contributed by atoms with Crippen molar-refractivity contribution >= 4 is 6.09 Å². The highest BCUT2D eigenvalue weighted by Gasteiger charge is 2.27. The lowest BCUT2D eigenvalue weighted by Crippen LogP contribution is -2.33. The average molecular weight is 340 g/mol. The Morgan fingerprint density at radius 2 is 2.00 bits per heavy atom. The van der Waals surface area contributed by atoms with E-state index in [1.807, 2.05) is 26.8 Å². The molecule has 0 fully saturated rings. The molecule has 2 heterocycles. The van der Waals surface area contributed by atoms with Crippen LogP contribution in [0.25, 0.3) is 0 Å². The summed E-state index contributed by atoms with van der Waals surface area (Å²) in [5.41, 5.74) is 4.06. The number of nitrogens with one attached hydrogen (secondary N) is 1. The van der Waals surface area contributed by atoms with Gasteiger partial charge in [0.1, 0.15) is 11.9 Å². The monoisotopic (exact) mass is 340 g/mol. The number of benzene rings is 1. The van der Waals surface area contributed by atoms with Crippen LogP contribution in [0, 0.1) is 0 Å². The van der Waals surface area contributed by atoms with Crippen molar-refractivity contribution in [3.8, 4) is 0 Å².